The van der Waals surface area contributed by atoms with E-state index >= 15 is 0 Å². The van der Waals surface area contributed by atoms with E-state index < -0.39 is 0 Å². The molecule has 0 bridgehead atoms. The van der Waals surface area contributed by atoms with Crippen molar-refractivity contribution < 1.29 is 0 Å². The van der Waals surface area contributed by atoms with Crippen molar-refractivity contribution >= 4 is 22.7 Å². The number of nitrogens with one attached hydrogen (secondary N) is 1. The SMILES string of the molecule is CSc1nc2ccc(CN(C)C)cc2c(=O)[nH]1. The van der Waals surface area contributed by atoms with Gasteiger partial charge in [0.05, 0.1) is 10.9 Å². The molecule has 0 saturated heterocycles. The number of aromatic nitrogens is 2. The molecule has 0 fully saturated rings. The predicted molar refractivity (Wildman–Crippen MR) is 71.5 cm³/mol. The van der Waals surface area contributed by atoms with Crippen LogP contribution in [-0.4, -0.2) is 35.2 Å². The second kappa shape index (κ2) is 4.89. The third-order valence-electron chi connectivity index (χ3n) is 2.44. The lowest BCUT2D eigenvalue weighted by molar-refractivity contribution is 0.402. The number of benzene rings is 1. The minimum atomic E-state index is -0.0695. The van der Waals surface area contributed by atoms with Gasteiger partial charge in [0.2, 0.25) is 0 Å². The second-order valence-corrected chi connectivity index (χ2v) is 4.96. The second-order valence-electron chi connectivity index (χ2n) is 4.16. The molecule has 0 unspecified atom stereocenters. The molecule has 0 aliphatic carbocycles. The first-order valence-corrected chi connectivity index (χ1v) is 6.54. The summed E-state index contributed by atoms with van der Waals surface area (Å²) in [6.45, 7) is 0.819. The summed E-state index contributed by atoms with van der Waals surface area (Å²) in [5.74, 6) is 0. The van der Waals surface area contributed by atoms with E-state index in [2.05, 4.69) is 14.9 Å². The van der Waals surface area contributed by atoms with Crippen molar-refractivity contribution in [3.8, 4) is 0 Å². The van der Waals surface area contributed by atoms with Crippen LogP contribution in [0.25, 0.3) is 10.9 Å². The molecule has 0 amide bonds. The van der Waals surface area contributed by atoms with Crippen LogP contribution in [0.15, 0.2) is 28.2 Å². The molecule has 0 aliphatic rings. The molecule has 2 rings (SSSR count). The highest BCUT2D eigenvalue weighted by Gasteiger charge is 2.04. The molecule has 1 aromatic carbocycles. The van der Waals surface area contributed by atoms with Crippen molar-refractivity contribution in [3.05, 3.63) is 34.1 Å². The van der Waals surface area contributed by atoms with Gasteiger partial charge in [-0.15, -0.1) is 0 Å². The van der Waals surface area contributed by atoms with Gasteiger partial charge < -0.3 is 9.88 Å². The minimum absolute atomic E-state index is 0.0695. The Balaban J connectivity index is 2.55. The number of thioether (sulfide) groups is 1. The Bertz CT molecular complexity index is 592. The fourth-order valence-electron chi connectivity index (χ4n) is 1.72. The van der Waals surface area contributed by atoms with Crippen LogP contribution in [0.3, 0.4) is 0 Å². The molecule has 17 heavy (non-hydrogen) atoms. The summed E-state index contributed by atoms with van der Waals surface area (Å²) in [5, 5.41) is 1.31. The lowest BCUT2D eigenvalue weighted by atomic mass is 10.1. The standard InChI is InChI=1S/C12H15N3OS/c1-15(2)7-8-4-5-10-9(6-8)11(16)14-12(13-10)17-3/h4-6H,7H2,1-3H3,(H,13,14,16). The van der Waals surface area contributed by atoms with E-state index in [4.69, 9.17) is 0 Å². The molecule has 1 aromatic heterocycles. The first-order valence-electron chi connectivity index (χ1n) is 5.32. The van der Waals surface area contributed by atoms with Crippen LogP contribution in [0.2, 0.25) is 0 Å². The molecule has 5 heteroatoms. The maximum atomic E-state index is 11.9. The van der Waals surface area contributed by atoms with Gasteiger partial charge in [-0.25, -0.2) is 4.98 Å². The van der Waals surface area contributed by atoms with Crippen LogP contribution in [0.4, 0.5) is 0 Å². The molecule has 0 atom stereocenters. The molecule has 1 heterocycles. The van der Waals surface area contributed by atoms with E-state index in [9.17, 15) is 4.79 Å². The first kappa shape index (κ1) is 12.1. The van der Waals surface area contributed by atoms with Crippen molar-refractivity contribution in [2.24, 2.45) is 0 Å². The molecule has 4 nitrogen and oxygen atoms in total. The zero-order valence-electron chi connectivity index (χ0n) is 10.2. The summed E-state index contributed by atoms with van der Waals surface area (Å²) in [6, 6.07) is 5.83. The third kappa shape index (κ3) is 2.68. The van der Waals surface area contributed by atoms with Gasteiger partial charge in [0.1, 0.15) is 0 Å². The molecule has 2 aromatic rings. The monoisotopic (exact) mass is 249 g/mol. The van der Waals surface area contributed by atoms with Gasteiger partial charge in [-0.05, 0) is 38.0 Å². The number of rotatable bonds is 3. The van der Waals surface area contributed by atoms with Gasteiger partial charge in [-0.1, -0.05) is 17.8 Å². The van der Waals surface area contributed by atoms with Crippen molar-refractivity contribution in [2.45, 2.75) is 11.7 Å². The Hall–Kier alpha value is -1.33. The number of fused-ring (bicyclic) bond motifs is 1. The molecule has 0 saturated carbocycles. The first-order chi connectivity index (χ1) is 8.10. The van der Waals surface area contributed by atoms with E-state index in [1.165, 1.54) is 11.8 Å². The normalized spacial score (nSPS) is 11.3. The zero-order valence-corrected chi connectivity index (χ0v) is 11.0. The Morgan fingerprint density at radius 1 is 1.41 bits per heavy atom. The van der Waals surface area contributed by atoms with E-state index in [1.54, 1.807) is 0 Å². The van der Waals surface area contributed by atoms with E-state index in [1.807, 2.05) is 38.6 Å². The molecule has 0 spiro atoms. The van der Waals surface area contributed by atoms with Gasteiger partial charge in [0, 0.05) is 6.54 Å². The van der Waals surface area contributed by atoms with Crippen LogP contribution < -0.4 is 5.56 Å². The van der Waals surface area contributed by atoms with E-state index in [-0.39, 0.29) is 5.56 Å². The van der Waals surface area contributed by atoms with Crippen LogP contribution in [-0.2, 0) is 6.54 Å². The zero-order chi connectivity index (χ0) is 12.4. The van der Waals surface area contributed by atoms with Crippen LogP contribution in [0.5, 0.6) is 0 Å². The predicted octanol–water partition coefficient (Wildman–Crippen LogP) is 1.71. The average Bonchev–Trinajstić information content (AvgIpc) is 2.29. The number of H-pyrrole nitrogens is 1. The van der Waals surface area contributed by atoms with Crippen LogP contribution >= 0.6 is 11.8 Å². The number of aromatic amines is 1. The van der Waals surface area contributed by atoms with Gasteiger partial charge in [0.25, 0.3) is 5.56 Å². The van der Waals surface area contributed by atoms with Gasteiger partial charge in [-0.2, -0.15) is 0 Å². The van der Waals surface area contributed by atoms with Crippen LogP contribution in [0, 0.1) is 0 Å². The van der Waals surface area contributed by atoms with Crippen molar-refractivity contribution in [1.29, 1.82) is 0 Å². The molecular formula is C12H15N3OS. The smallest absolute Gasteiger partial charge is 0.259 e. The lowest BCUT2D eigenvalue weighted by Gasteiger charge is -2.10. The minimum Gasteiger partial charge on any atom is -0.305 e. The fourth-order valence-corrected chi connectivity index (χ4v) is 2.11. The van der Waals surface area contributed by atoms with Gasteiger partial charge in [-0.3, -0.25) is 4.79 Å². The quantitative estimate of drug-likeness (QED) is 0.664. The average molecular weight is 249 g/mol. The summed E-state index contributed by atoms with van der Waals surface area (Å²) < 4.78 is 0. The lowest BCUT2D eigenvalue weighted by Crippen LogP contribution is -2.13. The van der Waals surface area contributed by atoms with Gasteiger partial charge >= 0.3 is 0 Å². The largest absolute Gasteiger partial charge is 0.305 e. The molecule has 1 N–H and O–H groups in total. The molecular weight excluding hydrogens is 234 g/mol. The Morgan fingerprint density at radius 2 is 2.18 bits per heavy atom. The topological polar surface area (TPSA) is 49.0 Å². The highest BCUT2D eigenvalue weighted by molar-refractivity contribution is 7.98. The highest BCUT2D eigenvalue weighted by atomic mass is 32.2. The highest BCUT2D eigenvalue weighted by Crippen LogP contribution is 2.14. The summed E-state index contributed by atoms with van der Waals surface area (Å²) in [7, 11) is 4.01. The summed E-state index contributed by atoms with van der Waals surface area (Å²) in [4.78, 5) is 21.1. The summed E-state index contributed by atoms with van der Waals surface area (Å²) >= 11 is 1.44. The van der Waals surface area contributed by atoms with Gasteiger partial charge in [0.15, 0.2) is 5.16 Å². The Morgan fingerprint density at radius 3 is 2.82 bits per heavy atom. The summed E-state index contributed by atoms with van der Waals surface area (Å²) in [5.41, 5.74) is 1.80. The van der Waals surface area contributed by atoms with Crippen LogP contribution in [0.1, 0.15) is 5.56 Å². The number of hydrogen-bond donors (Lipinski definition) is 1. The fraction of sp³-hybridized carbons (Fsp3) is 0.333. The maximum absolute atomic E-state index is 11.9. The molecule has 0 radical (unpaired) electrons. The third-order valence-corrected chi connectivity index (χ3v) is 3.02. The molecule has 0 aliphatic heterocycles. The molecule has 90 valence electrons. The van der Waals surface area contributed by atoms with E-state index in [0.717, 1.165) is 17.6 Å². The maximum Gasteiger partial charge on any atom is 0.259 e. The number of hydrogen-bond acceptors (Lipinski definition) is 4. The van der Waals surface area contributed by atoms with E-state index in [0.29, 0.717) is 10.5 Å². The summed E-state index contributed by atoms with van der Waals surface area (Å²) in [6.07, 6.45) is 1.89. The van der Waals surface area contributed by atoms with Crippen molar-refractivity contribution in [2.75, 3.05) is 20.4 Å². The van der Waals surface area contributed by atoms with Crippen molar-refractivity contribution in [1.82, 2.24) is 14.9 Å². The Kier molecular flexibility index (Phi) is 3.49. The van der Waals surface area contributed by atoms with Crippen molar-refractivity contribution in [3.63, 3.8) is 0 Å². The number of nitrogens with zero attached hydrogens (tertiary/aromatic N) is 2. The Labute approximate surface area is 104 Å².